The lowest BCUT2D eigenvalue weighted by Gasteiger charge is -2.17. The Bertz CT molecular complexity index is 944. The maximum atomic E-state index is 12.7. The predicted molar refractivity (Wildman–Crippen MR) is 122 cm³/mol. The number of amides is 2. The maximum Gasteiger partial charge on any atom is 0.341 e. The van der Waals surface area contributed by atoms with Crippen molar-refractivity contribution in [1.29, 1.82) is 0 Å². The van der Waals surface area contributed by atoms with Crippen LogP contribution in [0.2, 0.25) is 0 Å². The first kappa shape index (κ1) is 22.8. The number of likely N-dealkylation sites (tertiary alicyclic amines) is 1. The third-order valence-corrected chi connectivity index (χ3v) is 6.30. The Balaban J connectivity index is 1.64. The molecule has 31 heavy (non-hydrogen) atoms. The number of nitrogens with one attached hydrogen (secondary N) is 3. The molecule has 1 aliphatic rings. The molecule has 1 aromatic heterocycles. The number of hydrogen-bond acceptors (Lipinski definition) is 7. The highest BCUT2D eigenvalue weighted by Gasteiger charge is 2.28. The molecule has 3 N–H and O–H groups in total. The smallest absolute Gasteiger partial charge is 0.341 e. The Kier molecular flexibility index (Phi) is 7.64. The largest absolute Gasteiger partial charge is 0.462 e. The van der Waals surface area contributed by atoms with Gasteiger partial charge in [0, 0.05) is 31.9 Å². The SMILES string of the molecule is CCOC(=O)c1c(NC(=O)CN2CC[C@H](Nc3ccccc3)C2)sc(C(=O)NC)c1C. The summed E-state index contributed by atoms with van der Waals surface area (Å²) in [4.78, 5) is 39.7. The number of anilines is 2. The number of thiophene rings is 1. The van der Waals surface area contributed by atoms with Crippen molar-refractivity contribution in [1.82, 2.24) is 10.2 Å². The van der Waals surface area contributed by atoms with E-state index in [2.05, 4.69) is 20.9 Å². The number of benzene rings is 1. The van der Waals surface area contributed by atoms with Crippen molar-refractivity contribution in [2.45, 2.75) is 26.3 Å². The number of carbonyl (C=O) groups excluding carboxylic acids is 3. The van der Waals surface area contributed by atoms with Crippen molar-refractivity contribution in [3.8, 4) is 0 Å². The highest BCUT2D eigenvalue weighted by atomic mass is 32.1. The zero-order chi connectivity index (χ0) is 22.4. The van der Waals surface area contributed by atoms with Gasteiger partial charge in [-0.15, -0.1) is 11.3 Å². The van der Waals surface area contributed by atoms with Gasteiger partial charge in [0.1, 0.15) is 5.00 Å². The van der Waals surface area contributed by atoms with Crippen LogP contribution in [0.15, 0.2) is 30.3 Å². The fourth-order valence-corrected chi connectivity index (χ4v) is 4.77. The Hall–Kier alpha value is -2.91. The molecule has 1 aliphatic heterocycles. The fourth-order valence-electron chi connectivity index (χ4n) is 3.61. The lowest BCUT2D eigenvalue weighted by molar-refractivity contribution is -0.117. The molecule has 0 bridgehead atoms. The second-order valence-corrected chi connectivity index (χ2v) is 8.36. The first-order valence-electron chi connectivity index (χ1n) is 10.3. The van der Waals surface area contributed by atoms with Gasteiger partial charge in [0.25, 0.3) is 5.91 Å². The van der Waals surface area contributed by atoms with E-state index in [0.717, 1.165) is 36.5 Å². The van der Waals surface area contributed by atoms with Crippen molar-refractivity contribution in [2.75, 3.05) is 43.9 Å². The van der Waals surface area contributed by atoms with Gasteiger partial charge in [0.15, 0.2) is 0 Å². The van der Waals surface area contributed by atoms with E-state index in [4.69, 9.17) is 4.74 Å². The second-order valence-electron chi connectivity index (χ2n) is 7.34. The molecule has 2 amide bonds. The average Bonchev–Trinajstić information content (AvgIpc) is 3.31. The molecule has 1 aromatic carbocycles. The number of hydrogen-bond donors (Lipinski definition) is 3. The van der Waals surface area contributed by atoms with Crippen LogP contribution in [-0.2, 0) is 9.53 Å². The van der Waals surface area contributed by atoms with Gasteiger partial charge in [0.05, 0.1) is 23.6 Å². The minimum absolute atomic E-state index is 0.209. The van der Waals surface area contributed by atoms with Crippen LogP contribution in [0.25, 0.3) is 0 Å². The van der Waals surface area contributed by atoms with E-state index in [1.54, 1.807) is 13.8 Å². The number of esters is 1. The van der Waals surface area contributed by atoms with E-state index in [-0.39, 0.29) is 36.6 Å². The second kappa shape index (κ2) is 10.4. The lowest BCUT2D eigenvalue weighted by Crippen LogP contribution is -2.33. The number of para-hydroxylation sites is 1. The first-order chi connectivity index (χ1) is 14.9. The van der Waals surface area contributed by atoms with Crippen molar-refractivity contribution >= 4 is 39.8 Å². The van der Waals surface area contributed by atoms with Crippen LogP contribution in [0.5, 0.6) is 0 Å². The number of carbonyl (C=O) groups is 3. The van der Waals surface area contributed by atoms with Gasteiger partial charge in [0.2, 0.25) is 5.91 Å². The van der Waals surface area contributed by atoms with E-state index >= 15 is 0 Å². The van der Waals surface area contributed by atoms with E-state index in [9.17, 15) is 14.4 Å². The maximum absolute atomic E-state index is 12.7. The van der Waals surface area contributed by atoms with Crippen molar-refractivity contribution in [3.63, 3.8) is 0 Å². The Labute approximate surface area is 186 Å². The highest BCUT2D eigenvalue weighted by molar-refractivity contribution is 7.18. The molecule has 0 radical (unpaired) electrons. The summed E-state index contributed by atoms with van der Waals surface area (Å²) < 4.78 is 5.13. The Morgan fingerprint density at radius 2 is 1.97 bits per heavy atom. The third-order valence-electron chi connectivity index (χ3n) is 5.10. The average molecular weight is 445 g/mol. The molecule has 2 heterocycles. The van der Waals surface area contributed by atoms with Crippen LogP contribution in [0.3, 0.4) is 0 Å². The predicted octanol–water partition coefficient (Wildman–Crippen LogP) is 2.72. The van der Waals surface area contributed by atoms with Crippen LogP contribution in [-0.4, -0.2) is 62.0 Å². The zero-order valence-electron chi connectivity index (χ0n) is 18.0. The van der Waals surface area contributed by atoms with Crippen molar-refractivity contribution < 1.29 is 19.1 Å². The molecule has 9 heteroatoms. The molecular weight excluding hydrogens is 416 g/mol. The minimum atomic E-state index is -0.546. The van der Waals surface area contributed by atoms with Gasteiger partial charge < -0.3 is 20.7 Å². The molecule has 166 valence electrons. The molecule has 0 spiro atoms. The normalized spacial score (nSPS) is 16.0. The molecule has 1 fully saturated rings. The van der Waals surface area contributed by atoms with E-state index in [0.29, 0.717) is 15.4 Å². The van der Waals surface area contributed by atoms with Crippen LogP contribution < -0.4 is 16.0 Å². The molecular formula is C22H28N4O4S. The number of ether oxygens (including phenoxy) is 1. The first-order valence-corrected chi connectivity index (χ1v) is 11.1. The Morgan fingerprint density at radius 1 is 1.23 bits per heavy atom. The van der Waals surface area contributed by atoms with Crippen LogP contribution in [0, 0.1) is 6.92 Å². The summed E-state index contributed by atoms with van der Waals surface area (Å²) >= 11 is 1.09. The van der Waals surface area contributed by atoms with Gasteiger partial charge in [-0.25, -0.2) is 4.79 Å². The topological polar surface area (TPSA) is 99.8 Å². The summed E-state index contributed by atoms with van der Waals surface area (Å²) in [5.74, 6) is -1.08. The minimum Gasteiger partial charge on any atom is -0.462 e. The lowest BCUT2D eigenvalue weighted by atomic mass is 10.1. The summed E-state index contributed by atoms with van der Waals surface area (Å²) in [6, 6.07) is 10.3. The summed E-state index contributed by atoms with van der Waals surface area (Å²) in [6.07, 6.45) is 0.940. The molecule has 2 aromatic rings. The Morgan fingerprint density at radius 3 is 2.65 bits per heavy atom. The van der Waals surface area contributed by atoms with Crippen LogP contribution in [0.4, 0.5) is 10.7 Å². The monoisotopic (exact) mass is 444 g/mol. The van der Waals surface area contributed by atoms with Gasteiger partial charge in [-0.1, -0.05) is 18.2 Å². The molecule has 8 nitrogen and oxygen atoms in total. The van der Waals surface area contributed by atoms with Gasteiger partial charge in [-0.05, 0) is 38.0 Å². The fraction of sp³-hybridized carbons (Fsp3) is 0.409. The van der Waals surface area contributed by atoms with Crippen molar-refractivity contribution in [2.24, 2.45) is 0 Å². The van der Waals surface area contributed by atoms with Gasteiger partial charge in [-0.2, -0.15) is 0 Å². The van der Waals surface area contributed by atoms with Crippen LogP contribution in [0.1, 0.15) is 38.9 Å². The molecule has 1 saturated heterocycles. The molecule has 0 aliphatic carbocycles. The highest BCUT2D eigenvalue weighted by Crippen LogP contribution is 2.33. The zero-order valence-corrected chi connectivity index (χ0v) is 18.8. The van der Waals surface area contributed by atoms with Gasteiger partial charge >= 0.3 is 5.97 Å². The molecule has 0 saturated carbocycles. The number of nitrogens with zero attached hydrogens (tertiary/aromatic N) is 1. The molecule has 3 rings (SSSR count). The standard InChI is InChI=1S/C22H28N4O4S/c1-4-30-22(29)18-14(2)19(20(28)23-3)31-21(18)25-17(27)13-26-11-10-16(12-26)24-15-8-6-5-7-9-15/h5-9,16,24H,4,10-13H2,1-3H3,(H,23,28)(H,25,27)/t16-/m0/s1. The van der Waals surface area contributed by atoms with E-state index in [1.165, 1.54) is 7.05 Å². The summed E-state index contributed by atoms with van der Waals surface area (Å²) in [5, 5.41) is 9.21. The quantitative estimate of drug-likeness (QED) is 0.542. The summed E-state index contributed by atoms with van der Waals surface area (Å²) in [7, 11) is 1.52. The van der Waals surface area contributed by atoms with Gasteiger partial charge in [-0.3, -0.25) is 14.5 Å². The van der Waals surface area contributed by atoms with E-state index < -0.39 is 5.97 Å². The molecule has 0 unspecified atom stereocenters. The van der Waals surface area contributed by atoms with Crippen LogP contribution >= 0.6 is 11.3 Å². The van der Waals surface area contributed by atoms with E-state index in [1.807, 2.05) is 30.3 Å². The third kappa shape index (κ3) is 5.62. The van der Waals surface area contributed by atoms with Crippen molar-refractivity contribution in [3.05, 3.63) is 46.3 Å². The summed E-state index contributed by atoms with van der Waals surface area (Å²) in [6.45, 7) is 5.37. The number of rotatable bonds is 8. The summed E-state index contributed by atoms with van der Waals surface area (Å²) in [5.41, 5.74) is 1.81. The molecule has 1 atom stereocenters.